The number of carbonyl (C=O) groups is 1. The van der Waals surface area contributed by atoms with Gasteiger partial charge < -0.3 is 10.6 Å². The fourth-order valence-corrected chi connectivity index (χ4v) is 4.07. The van der Waals surface area contributed by atoms with Gasteiger partial charge in [-0.2, -0.15) is 0 Å². The lowest BCUT2D eigenvalue weighted by Crippen LogP contribution is -2.24. The highest BCUT2D eigenvalue weighted by Crippen LogP contribution is 2.19. The van der Waals surface area contributed by atoms with Gasteiger partial charge in [-0.25, -0.2) is 8.42 Å². The molecule has 1 aliphatic rings. The van der Waals surface area contributed by atoms with Crippen LogP contribution < -0.4 is 10.6 Å². The topological polar surface area (TPSA) is 88.2 Å². The molecular weight excluding hydrogens is 278 g/mol. The summed E-state index contributed by atoms with van der Waals surface area (Å²) in [5.74, 6) is 0.453. The van der Waals surface area contributed by atoms with Crippen LogP contribution in [-0.2, 0) is 9.84 Å². The van der Waals surface area contributed by atoms with E-state index in [9.17, 15) is 13.2 Å². The molecule has 1 aromatic rings. The molecule has 110 valence electrons. The first-order valence-electron chi connectivity index (χ1n) is 6.68. The number of hydrogen-bond donors (Lipinski definition) is 2. The number of pyridine rings is 1. The van der Waals surface area contributed by atoms with Gasteiger partial charge >= 0.3 is 0 Å². The summed E-state index contributed by atoms with van der Waals surface area (Å²) < 4.78 is 22.8. The second-order valence-corrected chi connectivity index (χ2v) is 7.17. The standard InChI is InChI=1S/C13H19N3O3S/c1-2-14-13(17)12-7-11(3-5-15-12)16-8-10-4-6-20(18,19)9-10/h3,5,7,10H,2,4,6,8-9H2,1H3,(H,14,17)(H,15,16). The van der Waals surface area contributed by atoms with Crippen molar-refractivity contribution in [2.45, 2.75) is 13.3 Å². The monoisotopic (exact) mass is 297 g/mol. The zero-order valence-electron chi connectivity index (χ0n) is 11.4. The Morgan fingerprint density at radius 3 is 2.95 bits per heavy atom. The quantitative estimate of drug-likeness (QED) is 0.834. The predicted octanol–water partition coefficient (Wildman–Crippen LogP) is 0.678. The minimum absolute atomic E-state index is 0.140. The fraction of sp³-hybridized carbons (Fsp3) is 0.538. The Hall–Kier alpha value is -1.63. The molecule has 2 rings (SSSR count). The van der Waals surface area contributed by atoms with E-state index in [1.807, 2.05) is 6.92 Å². The summed E-state index contributed by atoms with van der Waals surface area (Å²) in [7, 11) is -2.85. The summed E-state index contributed by atoms with van der Waals surface area (Å²) in [5.41, 5.74) is 1.14. The lowest BCUT2D eigenvalue weighted by atomic mass is 10.1. The van der Waals surface area contributed by atoms with E-state index in [-0.39, 0.29) is 23.3 Å². The molecule has 0 aliphatic carbocycles. The second kappa shape index (κ2) is 6.21. The molecule has 0 radical (unpaired) electrons. The summed E-state index contributed by atoms with van der Waals surface area (Å²) in [5, 5.41) is 5.87. The Kier molecular flexibility index (Phi) is 4.59. The van der Waals surface area contributed by atoms with Crippen LogP contribution in [0.4, 0.5) is 5.69 Å². The third-order valence-electron chi connectivity index (χ3n) is 3.25. The van der Waals surface area contributed by atoms with E-state index in [1.165, 1.54) is 0 Å². The first-order chi connectivity index (χ1) is 9.50. The van der Waals surface area contributed by atoms with Crippen molar-refractivity contribution < 1.29 is 13.2 Å². The molecule has 1 aliphatic heterocycles. The Bertz CT molecular complexity index is 586. The van der Waals surface area contributed by atoms with Crippen LogP contribution in [0.2, 0.25) is 0 Å². The number of carbonyl (C=O) groups excluding carboxylic acids is 1. The Morgan fingerprint density at radius 2 is 2.30 bits per heavy atom. The molecule has 7 heteroatoms. The number of aromatic nitrogens is 1. The third kappa shape index (κ3) is 3.93. The van der Waals surface area contributed by atoms with Gasteiger partial charge in [-0.3, -0.25) is 9.78 Å². The van der Waals surface area contributed by atoms with Gasteiger partial charge in [-0.1, -0.05) is 0 Å². The van der Waals surface area contributed by atoms with E-state index in [4.69, 9.17) is 0 Å². The second-order valence-electron chi connectivity index (χ2n) is 4.94. The molecule has 0 aromatic carbocycles. The van der Waals surface area contributed by atoms with E-state index in [0.717, 1.165) is 5.69 Å². The normalized spacial score (nSPS) is 20.6. The number of anilines is 1. The van der Waals surface area contributed by atoms with Crippen LogP contribution in [0.1, 0.15) is 23.8 Å². The molecule has 2 heterocycles. The van der Waals surface area contributed by atoms with Crippen LogP contribution in [-0.4, -0.2) is 43.9 Å². The highest BCUT2D eigenvalue weighted by Gasteiger charge is 2.27. The lowest BCUT2D eigenvalue weighted by molar-refractivity contribution is 0.0951. The van der Waals surface area contributed by atoms with E-state index in [0.29, 0.717) is 25.2 Å². The van der Waals surface area contributed by atoms with E-state index >= 15 is 0 Å². The van der Waals surface area contributed by atoms with Gasteiger partial charge in [-0.15, -0.1) is 0 Å². The van der Waals surface area contributed by atoms with Crippen LogP contribution in [0.3, 0.4) is 0 Å². The zero-order chi connectivity index (χ0) is 14.6. The minimum Gasteiger partial charge on any atom is -0.385 e. The molecule has 2 N–H and O–H groups in total. The van der Waals surface area contributed by atoms with Crippen LogP contribution in [0.25, 0.3) is 0 Å². The summed E-state index contributed by atoms with van der Waals surface area (Å²) >= 11 is 0. The van der Waals surface area contributed by atoms with Gasteiger partial charge in [0, 0.05) is 25.0 Å². The molecule has 0 spiro atoms. The summed E-state index contributed by atoms with van der Waals surface area (Å²) in [6.07, 6.45) is 2.27. The van der Waals surface area contributed by atoms with Crippen molar-refractivity contribution in [2.24, 2.45) is 5.92 Å². The van der Waals surface area contributed by atoms with Crippen molar-refractivity contribution in [2.75, 3.05) is 29.9 Å². The highest BCUT2D eigenvalue weighted by molar-refractivity contribution is 7.91. The van der Waals surface area contributed by atoms with Crippen LogP contribution in [0, 0.1) is 5.92 Å². The minimum atomic E-state index is -2.85. The van der Waals surface area contributed by atoms with Crippen LogP contribution in [0.5, 0.6) is 0 Å². The van der Waals surface area contributed by atoms with Crippen LogP contribution in [0.15, 0.2) is 18.3 Å². The van der Waals surface area contributed by atoms with E-state index in [1.54, 1.807) is 18.3 Å². The third-order valence-corrected chi connectivity index (χ3v) is 5.09. The number of nitrogens with zero attached hydrogens (tertiary/aromatic N) is 1. The highest BCUT2D eigenvalue weighted by atomic mass is 32.2. The van der Waals surface area contributed by atoms with Gasteiger partial charge in [0.1, 0.15) is 5.69 Å². The summed E-state index contributed by atoms with van der Waals surface area (Å²) in [4.78, 5) is 15.7. The number of nitrogens with one attached hydrogen (secondary N) is 2. The summed E-state index contributed by atoms with van der Waals surface area (Å²) in [6, 6.07) is 3.45. The molecule has 1 atom stereocenters. The predicted molar refractivity (Wildman–Crippen MR) is 77.5 cm³/mol. The van der Waals surface area contributed by atoms with Crippen molar-refractivity contribution in [3.63, 3.8) is 0 Å². The molecule has 1 aromatic heterocycles. The average Bonchev–Trinajstić information content (AvgIpc) is 2.77. The zero-order valence-corrected chi connectivity index (χ0v) is 12.2. The van der Waals surface area contributed by atoms with Gasteiger partial charge in [0.2, 0.25) is 0 Å². The number of hydrogen-bond acceptors (Lipinski definition) is 5. The molecule has 20 heavy (non-hydrogen) atoms. The number of amides is 1. The van der Waals surface area contributed by atoms with Crippen LogP contribution >= 0.6 is 0 Å². The fourth-order valence-electron chi connectivity index (χ4n) is 2.21. The first kappa shape index (κ1) is 14.8. The lowest BCUT2D eigenvalue weighted by Gasteiger charge is -2.11. The first-order valence-corrected chi connectivity index (χ1v) is 8.51. The van der Waals surface area contributed by atoms with Gasteiger partial charge in [0.25, 0.3) is 5.91 Å². The van der Waals surface area contributed by atoms with Crippen molar-refractivity contribution in [1.29, 1.82) is 0 Å². The molecule has 1 unspecified atom stereocenters. The summed E-state index contributed by atoms with van der Waals surface area (Å²) in [6.45, 7) is 3.00. The Morgan fingerprint density at radius 1 is 1.50 bits per heavy atom. The molecule has 1 fully saturated rings. The maximum absolute atomic E-state index is 11.7. The molecular formula is C13H19N3O3S. The molecule has 0 saturated carbocycles. The van der Waals surface area contributed by atoms with Gasteiger partial charge in [0.15, 0.2) is 9.84 Å². The average molecular weight is 297 g/mol. The van der Waals surface area contributed by atoms with E-state index in [2.05, 4.69) is 15.6 Å². The number of rotatable bonds is 5. The molecule has 6 nitrogen and oxygen atoms in total. The van der Waals surface area contributed by atoms with Crippen molar-refractivity contribution in [1.82, 2.24) is 10.3 Å². The number of sulfone groups is 1. The van der Waals surface area contributed by atoms with Gasteiger partial charge in [-0.05, 0) is 31.4 Å². The molecule has 1 amide bonds. The largest absolute Gasteiger partial charge is 0.385 e. The maximum atomic E-state index is 11.7. The SMILES string of the molecule is CCNC(=O)c1cc(NCC2CCS(=O)(=O)C2)ccn1. The Balaban J connectivity index is 1.93. The van der Waals surface area contributed by atoms with Gasteiger partial charge in [0.05, 0.1) is 11.5 Å². The van der Waals surface area contributed by atoms with Crippen molar-refractivity contribution in [3.05, 3.63) is 24.0 Å². The molecule has 0 bridgehead atoms. The Labute approximate surface area is 118 Å². The smallest absolute Gasteiger partial charge is 0.269 e. The van der Waals surface area contributed by atoms with Crippen molar-refractivity contribution >= 4 is 21.4 Å². The molecule has 1 saturated heterocycles. The maximum Gasteiger partial charge on any atom is 0.269 e. The van der Waals surface area contributed by atoms with E-state index < -0.39 is 9.84 Å². The van der Waals surface area contributed by atoms with Crippen molar-refractivity contribution in [3.8, 4) is 0 Å².